The second kappa shape index (κ2) is 6.43. The van der Waals surface area contributed by atoms with Crippen LogP contribution in [0.2, 0.25) is 0 Å². The lowest BCUT2D eigenvalue weighted by Gasteiger charge is -2.08. The highest BCUT2D eigenvalue weighted by Crippen LogP contribution is 2.21. The normalized spacial score (nSPS) is 10.1. The summed E-state index contributed by atoms with van der Waals surface area (Å²) in [6.07, 6.45) is 4.05. The fraction of sp³-hybridized carbons (Fsp3) is 0.455. The monoisotopic (exact) mass is 212 g/mol. The summed E-state index contributed by atoms with van der Waals surface area (Å²) >= 11 is 0. The van der Waals surface area contributed by atoms with Gasteiger partial charge in [0.15, 0.2) is 0 Å². The lowest BCUT2D eigenvalue weighted by molar-refractivity contribution is 0.422. The van der Waals surface area contributed by atoms with Gasteiger partial charge in [-0.25, -0.2) is 8.63 Å². The van der Waals surface area contributed by atoms with Crippen molar-refractivity contribution in [1.29, 1.82) is 0 Å². The molecule has 1 aromatic rings. The molecule has 0 aromatic heterocycles. The van der Waals surface area contributed by atoms with E-state index in [1.54, 1.807) is 12.1 Å². The van der Waals surface area contributed by atoms with Gasteiger partial charge in [0.25, 0.3) is 0 Å². The summed E-state index contributed by atoms with van der Waals surface area (Å²) in [5, 5.41) is 0. The van der Waals surface area contributed by atoms with Gasteiger partial charge in [-0.3, -0.25) is 0 Å². The van der Waals surface area contributed by atoms with E-state index in [4.69, 9.17) is 0 Å². The molecule has 0 spiro atoms. The highest BCUT2D eigenvalue weighted by molar-refractivity contribution is 6.35. The first-order chi connectivity index (χ1) is 7.24. The number of hydrogen-bond acceptors (Lipinski definition) is 1. The third-order valence-corrected chi connectivity index (χ3v) is 2.24. The standard InChI is InChI=1S/C11H15BF2O/c1-2-3-4-7-10-8-5-6-9-11(10)15-12(13)14/h5-6,8-9H,2-4,7H2,1H3. The van der Waals surface area contributed by atoms with Crippen LogP contribution < -0.4 is 4.65 Å². The molecule has 0 aliphatic heterocycles. The Morgan fingerprint density at radius 3 is 2.60 bits per heavy atom. The number of benzene rings is 1. The van der Waals surface area contributed by atoms with Crippen molar-refractivity contribution >= 4 is 7.47 Å². The van der Waals surface area contributed by atoms with Crippen LogP contribution in [0.15, 0.2) is 24.3 Å². The fourth-order valence-corrected chi connectivity index (χ4v) is 1.49. The molecular formula is C11H15BF2O. The summed E-state index contributed by atoms with van der Waals surface area (Å²) in [7, 11) is -2.74. The van der Waals surface area contributed by atoms with Crippen molar-refractivity contribution in [2.24, 2.45) is 0 Å². The van der Waals surface area contributed by atoms with Gasteiger partial charge in [-0.1, -0.05) is 38.0 Å². The van der Waals surface area contributed by atoms with E-state index in [0.717, 1.165) is 31.2 Å². The summed E-state index contributed by atoms with van der Waals surface area (Å²) in [5.74, 6) is 0.309. The Kier molecular flexibility index (Phi) is 5.15. The Labute approximate surface area is 89.7 Å². The minimum Gasteiger partial charge on any atom is -0.505 e. The van der Waals surface area contributed by atoms with Crippen molar-refractivity contribution in [2.45, 2.75) is 32.6 Å². The lowest BCUT2D eigenvalue weighted by atomic mass is 10.1. The fourth-order valence-electron chi connectivity index (χ4n) is 1.49. The Balaban J connectivity index is 2.60. The van der Waals surface area contributed by atoms with Gasteiger partial charge in [0.05, 0.1) is 0 Å². The minimum absolute atomic E-state index is 0.309. The van der Waals surface area contributed by atoms with Crippen molar-refractivity contribution in [3.05, 3.63) is 29.8 Å². The molecule has 0 N–H and O–H groups in total. The Morgan fingerprint density at radius 1 is 1.20 bits per heavy atom. The quantitative estimate of drug-likeness (QED) is 0.515. The molecule has 15 heavy (non-hydrogen) atoms. The molecule has 82 valence electrons. The molecule has 0 aliphatic carbocycles. The Bertz CT molecular complexity index is 292. The van der Waals surface area contributed by atoms with Gasteiger partial charge in [-0.05, 0) is 24.5 Å². The SMILES string of the molecule is CCCCCc1ccccc1OB(F)F. The molecule has 1 rings (SSSR count). The number of aryl methyl sites for hydroxylation is 1. The number of unbranched alkanes of at least 4 members (excludes halogenated alkanes) is 2. The van der Waals surface area contributed by atoms with Crippen LogP contribution in [0, 0.1) is 0 Å². The number of rotatable bonds is 6. The number of hydrogen-bond donors (Lipinski definition) is 0. The van der Waals surface area contributed by atoms with E-state index < -0.39 is 7.47 Å². The molecule has 0 bridgehead atoms. The molecule has 1 aromatic carbocycles. The summed E-state index contributed by atoms with van der Waals surface area (Å²) in [6, 6.07) is 6.99. The maximum atomic E-state index is 12.1. The molecule has 0 fully saturated rings. The molecule has 0 aliphatic rings. The number of para-hydroxylation sites is 1. The van der Waals surface area contributed by atoms with Crippen LogP contribution in [0.3, 0.4) is 0 Å². The number of halogens is 2. The van der Waals surface area contributed by atoms with E-state index in [-0.39, 0.29) is 0 Å². The maximum Gasteiger partial charge on any atom is 0.796 e. The predicted octanol–water partition coefficient (Wildman–Crippen LogP) is 3.72. The second-order valence-electron chi connectivity index (χ2n) is 3.44. The minimum atomic E-state index is -2.74. The third kappa shape index (κ3) is 4.32. The predicted molar refractivity (Wildman–Crippen MR) is 58.3 cm³/mol. The van der Waals surface area contributed by atoms with Gasteiger partial charge < -0.3 is 4.65 Å². The second-order valence-corrected chi connectivity index (χ2v) is 3.44. The summed E-state index contributed by atoms with van der Waals surface area (Å²) in [5.41, 5.74) is 0.867. The molecule has 4 heteroatoms. The smallest absolute Gasteiger partial charge is 0.505 e. The van der Waals surface area contributed by atoms with Gasteiger partial charge in [-0.2, -0.15) is 0 Å². The highest BCUT2D eigenvalue weighted by Gasteiger charge is 2.18. The molecule has 0 unspecified atom stereocenters. The first kappa shape index (κ1) is 12.0. The van der Waals surface area contributed by atoms with E-state index in [0.29, 0.717) is 5.75 Å². The molecule has 0 saturated carbocycles. The third-order valence-electron chi connectivity index (χ3n) is 2.24. The van der Waals surface area contributed by atoms with Gasteiger partial charge in [0.2, 0.25) is 0 Å². The van der Waals surface area contributed by atoms with Crippen LogP contribution >= 0.6 is 0 Å². The van der Waals surface area contributed by atoms with Crippen molar-refractivity contribution in [3.8, 4) is 5.75 Å². The first-order valence-corrected chi connectivity index (χ1v) is 5.26. The Morgan fingerprint density at radius 2 is 1.93 bits per heavy atom. The van der Waals surface area contributed by atoms with Crippen LogP contribution in [-0.2, 0) is 6.42 Å². The molecule has 0 amide bonds. The van der Waals surface area contributed by atoms with Crippen molar-refractivity contribution in [1.82, 2.24) is 0 Å². The van der Waals surface area contributed by atoms with Gasteiger partial charge in [0.1, 0.15) is 5.75 Å². The maximum absolute atomic E-state index is 12.1. The van der Waals surface area contributed by atoms with Gasteiger partial charge in [-0.15, -0.1) is 0 Å². The largest absolute Gasteiger partial charge is 0.796 e. The van der Waals surface area contributed by atoms with Gasteiger partial charge >= 0.3 is 7.47 Å². The Hall–Kier alpha value is -1.06. The van der Waals surface area contributed by atoms with E-state index in [9.17, 15) is 8.63 Å². The van der Waals surface area contributed by atoms with Crippen LogP contribution in [0.1, 0.15) is 31.7 Å². The summed E-state index contributed by atoms with van der Waals surface area (Å²) < 4.78 is 28.6. The van der Waals surface area contributed by atoms with E-state index in [1.165, 1.54) is 0 Å². The van der Waals surface area contributed by atoms with Crippen molar-refractivity contribution < 1.29 is 13.3 Å². The molecule has 0 radical (unpaired) electrons. The summed E-state index contributed by atoms with van der Waals surface area (Å²) in [6.45, 7) is 2.11. The lowest BCUT2D eigenvalue weighted by Crippen LogP contribution is -2.09. The van der Waals surface area contributed by atoms with Crippen molar-refractivity contribution in [3.63, 3.8) is 0 Å². The molecular weight excluding hydrogens is 197 g/mol. The van der Waals surface area contributed by atoms with E-state index in [2.05, 4.69) is 11.6 Å². The molecule has 1 nitrogen and oxygen atoms in total. The average Bonchev–Trinajstić information content (AvgIpc) is 2.20. The highest BCUT2D eigenvalue weighted by atomic mass is 19.2. The molecule has 0 saturated heterocycles. The first-order valence-electron chi connectivity index (χ1n) is 5.26. The van der Waals surface area contributed by atoms with E-state index >= 15 is 0 Å². The zero-order valence-electron chi connectivity index (χ0n) is 8.88. The van der Waals surface area contributed by atoms with Crippen LogP contribution in [0.4, 0.5) is 8.63 Å². The van der Waals surface area contributed by atoms with Crippen LogP contribution in [0.25, 0.3) is 0 Å². The van der Waals surface area contributed by atoms with Crippen molar-refractivity contribution in [2.75, 3.05) is 0 Å². The topological polar surface area (TPSA) is 9.23 Å². The van der Waals surface area contributed by atoms with Crippen LogP contribution in [0.5, 0.6) is 5.75 Å². The zero-order valence-corrected chi connectivity index (χ0v) is 8.88. The summed E-state index contributed by atoms with van der Waals surface area (Å²) in [4.78, 5) is 0. The van der Waals surface area contributed by atoms with E-state index in [1.807, 2.05) is 12.1 Å². The average molecular weight is 212 g/mol. The zero-order chi connectivity index (χ0) is 11.1. The van der Waals surface area contributed by atoms with Crippen LogP contribution in [-0.4, -0.2) is 7.47 Å². The molecule has 0 atom stereocenters. The van der Waals surface area contributed by atoms with Gasteiger partial charge in [0, 0.05) is 0 Å². The molecule has 0 heterocycles.